The summed E-state index contributed by atoms with van der Waals surface area (Å²) < 4.78 is 39.5. The van der Waals surface area contributed by atoms with E-state index >= 15 is 0 Å². The predicted octanol–water partition coefficient (Wildman–Crippen LogP) is 4.21. The molecule has 0 spiro atoms. The lowest BCUT2D eigenvalue weighted by molar-refractivity contribution is -0.122. The van der Waals surface area contributed by atoms with Crippen molar-refractivity contribution in [2.45, 2.75) is 31.8 Å². The zero-order valence-electron chi connectivity index (χ0n) is 18.5. The monoisotopic (exact) mass is 466 g/mol. The molecule has 172 valence electrons. The largest absolute Gasteiger partial charge is 0.491 e. The first-order chi connectivity index (χ1) is 15.8. The van der Waals surface area contributed by atoms with Crippen molar-refractivity contribution in [2.24, 2.45) is 0 Å². The Morgan fingerprint density at radius 3 is 2.55 bits per heavy atom. The second-order valence-corrected chi connectivity index (χ2v) is 9.92. The van der Waals surface area contributed by atoms with Gasteiger partial charge >= 0.3 is 0 Å². The van der Waals surface area contributed by atoms with Crippen molar-refractivity contribution in [1.82, 2.24) is 0 Å². The van der Waals surface area contributed by atoms with Crippen LogP contribution < -0.4 is 19.1 Å². The maximum absolute atomic E-state index is 13.3. The Hall–Kier alpha value is -3.52. The summed E-state index contributed by atoms with van der Waals surface area (Å²) in [6, 6.07) is 22.8. The van der Waals surface area contributed by atoms with Crippen molar-refractivity contribution in [3.63, 3.8) is 0 Å². The number of sulfonamides is 1. The van der Waals surface area contributed by atoms with Crippen LogP contribution in [0.4, 0.5) is 11.4 Å². The van der Waals surface area contributed by atoms with Gasteiger partial charge in [0.2, 0.25) is 10.0 Å². The molecule has 0 fully saturated rings. The molecule has 0 aromatic heterocycles. The highest BCUT2D eigenvalue weighted by molar-refractivity contribution is 7.92. The van der Waals surface area contributed by atoms with E-state index in [1.54, 1.807) is 72.8 Å². The van der Waals surface area contributed by atoms with Crippen LogP contribution in [0.25, 0.3) is 0 Å². The molecule has 7 nitrogen and oxygen atoms in total. The number of hydrogen-bond acceptors (Lipinski definition) is 5. The van der Waals surface area contributed by atoms with Crippen LogP contribution in [-0.2, 0) is 20.6 Å². The third-order valence-electron chi connectivity index (χ3n) is 5.03. The van der Waals surface area contributed by atoms with E-state index in [0.29, 0.717) is 28.4 Å². The molecule has 0 bridgehead atoms. The maximum atomic E-state index is 13.3. The lowest BCUT2D eigenvalue weighted by Crippen LogP contribution is -2.49. The number of anilines is 2. The minimum atomic E-state index is -3.76. The summed E-state index contributed by atoms with van der Waals surface area (Å²) in [5.41, 5.74) is 1.63. The van der Waals surface area contributed by atoms with E-state index in [9.17, 15) is 13.2 Å². The summed E-state index contributed by atoms with van der Waals surface area (Å²) in [4.78, 5) is 13.0. The standard InChI is InChI=1S/C25H26N2O5S/c1-18(2)31-21-12-8-11-20(15-21)26-25(28)24-16-27(22-13-6-7-14-23(22)32-24)33(29,30)17-19-9-4-3-5-10-19/h3-15,18,24H,16-17H2,1-2H3,(H,26,28)/t24-/m0/s1. The summed E-state index contributed by atoms with van der Waals surface area (Å²) in [5, 5.41) is 2.81. The number of ether oxygens (including phenoxy) is 2. The van der Waals surface area contributed by atoms with E-state index in [2.05, 4.69) is 5.32 Å². The van der Waals surface area contributed by atoms with Crippen molar-refractivity contribution >= 4 is 27.3 Å². The Kier molecular flexibility index (Phi) is 6.55. The molecule has 1 amide bonds. The van der Waals surface area contributed by atoms with Crippen LogP contribution in [0.1, 0.15) is 19.4 Å². The maximum Gasteiger partial charge on any atom is 0.267 e. The van der Waals surface area contributed by atoms with Gasteiger partial charge in [0.05, 0.1) is 24.1 Å². The molecule has 1 atom stereocenters. The van der Waals surface area contributed by atoms with Crippen molar-refractivity contribution < 1.29 is 22.7 Å². The van der Waals surface area contributed by atoms with Crippen LogP contribution in [-0.4, -0.2) is 33.1 Å². The molecule has 1 heterocycles. The average Bonchev–Trinajstić information content (AvgIpc) is 2.78. The van der Waals surface area contributed by atoms with Crippen LogP contribution in [0, 0.1) is 0 Å². The predicted molar refractivity (Wildman–Crippen MR) is 128 cm³/mol. The van der Waals surface area contributed by atoms with E-state index in [4.69, 9.17) is 9.47 Å². The molecular weight excluding hydrogens is 440 g/mol. The van der Waals surface area contributed by atoms with Gasteiger partial charge in [-0.1, -0.05) is 48.5 Å². The molecule has 4 rings (SSSR count). The SMILES string of the molecule is CC(C)Oc1cccc(NC(=O)[C@@H]2CN(S(=O)(=O)Cc3ccccc3)c3ccccc3O2)c1. The highest BCUT2D eigenvalue weighted by Crippen LogP contribution is 2.36. The van der Waals surface area contributed by atoms with E-state index in [1.807, 2.05) is 19.9 Å². The van der Waals surface area contributed by atoms with Gasteiger partial charge in [-0.05, 0) is 43.7 Å². The number of carbonyl (C=O) groups is 1. The van der Waals surface area contributed by atoms with E-state index in [1.165, 1.54) is 4.31 Å². The number of benzene rings is 3. The van der Waals surface area contributed by atoms with E-state index < -0.39 is 22.0 Å². The third-order valence-corrected chi connectivity index (χ3v) is 6.74. The molecule has 1 N–H and O–H groups in total. The second kappa shape index (κ2) is 9.54. The van der Waals surface area contributed by atoms with Gasteiger partial charge in [-0.25, -0.2) is 8.42 Å². The van der Waals surface area contributed by atoms with Gasteiger partial charge in [0.25, 0.3) is 5.91 Å². The molecule has 0 saturated carbocycles. The highest BCUT2D eigenvalue weighted by Gasteiger charge is 2.36. The van der Waals surface area contributed by atoms with E-state index in [-0.39, 0.29) is 18.4 Å². The Balaban J connectivity index is 1.56. The zero-order valence-corrected chi connectivity index (χ0v) is 19.3. The lowest BCUT2D eigenvalue weighted by Gasteiger charge is -2.34. The van der Waals surface area contributed by atoms with Gasteiger partial charge in [0.1, 0.15) is 11.5 Å². The van der Waals surface area contributed by atoms with Crippen LogP contribution in [0.3, 0.4) is 0 Å². The average molecular weight is 467 g/mol. The molecule has 1 aliphatic heterocycles. The van der Waals surface area contributed by atoms with Crippen molar-refractivity contribution in [3.8, 4) is 11.5 Å². The van der Waals surface area contributed by atoms with Crippen LogP contribution in [0.2, 0.25) is 0 Å². The fourth-order valence-corrected chi connectivity index (χ4v) is 5.19. The third kappa shape index (κ3) is 5.46. The molecule has 1 aliphatic rings. The number of para-hydroxylation sites is 2. The number of rotatable bonds is 7. The first-order valence-corrected chi connectivity index (χ1v) is 12.3. The molecule has 3 aromatic rings. The normalized spacial score (nSPS) is 15.5. The van der Waals surface area contributed by atoms with Gasteiger partial charge in [0.15, 0.2) is 6.10 Å². The van der Waals surface area contributed by atoms with E-state index in [0.717, 1.165) is 0 Å². The molecular formula is C25H26N2O5S. The molecule has 33 heavy (non-hydrogen) atoms. The Bertz CT molecular complexity index is 1230. The minimum Gasteiger partial charge on any atom is -0.491 e. The van der Waals surface area contributed by atoms with Crippen LogP contribution in [0.15, 0.2) is 78.9 Å². The molecule has 0 saturated heterocycles. The van der Waals surface area contributed by atoms with Gasteiger partial charge in [-0.3, -0.25) is 9.10 Å². The summed E-state index contributed by atoms with van der Waals surface area (Å²) in [7, 11) is -3.76. The smallest absolute Gasteiger partial charge is 0.267 e. The highest BCUT2D eigenvalue weighted by atomic mass is 32.2. The first kappa shape index (κ1) is 22.7. The fraction of sp³-hybridized carbons (Fsp3) is 0.240. The first-order valence-electron chi connectivity index (χ1n) is 10.7. The molecule has 0 radical (unpaired) electrons. The number of carbonyl (C=O) groups excluding carboxylic acids is 1. The Labute approximate surface area is 194 Å². The second-order valence-electron chi connectivity index (χ2n) is 8.03. The Morgan fingerprint density at radius 2 is 1.79 bits per heavy atom. The van der Waals surface area contributed by atoms with Gasteiger partial charge in [0, 0.05) is 11.8 Å². The van der Waals surface area contributed by atoms with Gasteiger partial charge < -0.3 is 14.8 Å². The molecule has 0 unspecified atom stereocenters. The molecule has 0 aliphatic carbocycles. The number of nitrogens with zero attached hydrogens (tertiary/aromatic N) is 1. The quantitative estimate of drug-likeness (QED) is 0.564. The Morgan fingerprint density at radius 1 is 1.06 bits per heavy atom. The summed E-state index contributed by atoms with van der Waals surface area (Å²) in [5.74, 6) is 0.360. The lowest BCUT2D eigenvalue weighted by atomic mass is 10.2. The van der Waals surface area contributed by atoms with Crippen molar-refractivity contribution in [3.05, 3.63) is 84.4 Å². The van der Waals surface area contributed by atoms with Crippen LogP contribution in [0.5, 0.6) is 11.5 Å². The fourth-order valence-electron chi connectivity index (χ4n) is 3.61. The van der Waals surface area contributed by atoms with Gasteiger partial charge in [-0.15, -0.1) is 0 Å². The minimum absolute atomic E-state index is 0.00231. The van der Waals surface area contributed by atoms with Gasteiger partial charge in [-0.2, -0.15) is 0 Å². The van der Waals surface area contributed by atoms with Crippen molar-refractivity contribution in [1.29, 1.82) is 0 Å². The summed E-state index contributed by atoms with van der Waals surface area (Å²) >= 11 is 0. The summed E-state index contributed by atoms with van der Waals surface area (Å²) in [6.45, 7) is 3.71. The number of hydrogen-bond donors (Lipinski definition) is 1. The molecule has 8 heteroatoms. The van der Waals surface area contributed by atoms with Crippen LogP contribution >= 0.6 is 0 Å². The number of fused-ring (bicyclic) bond motifs is 1. The summed E-state index contributed by atoms with van der Waals surface area (Å²) in [6.07, 6.45) is -1.02. The topological polar surface area (TPSA) is 84.9 Å². The number of nitrogens with one attached hydrogen (secondary N) is 1. The zero-order chi connectivity index (χ0) is 23.4. The number of amides is 1. The molecule has 3 aromatic carbocycles. The van der Waals surface area contributed by atoms with Crippen molar-refractivity contribution in [2.75, 3.05) is 16.2 Å².